The van der Waals surface area contributed by atoms with Crippen molar-refractivity contribution >= 4 is 124 Å². The fourth-order valence-electron chi connectivity index (χ4n) is 19.1. The second-order valence-corrected chi connectivity index (χ2v) is 41.3. The molecule has 18 aromatic rings. The van der Waals surface area contributed by atoms with E-state index in [2.05, 4.69) is 472 Å². The van der Waals surface area contributed by atoms with Crippen LogP contribution in [0.3, 0.4) is 0 Å². The van der Waals surface area contributed by atoms with Gasteiger partial charge in [-0.15, -0.1) is 22.7 Å². The number of fused-ring (bicyclic) bond motifs is 8. The van der Waals surface area contributed by atoms with Crippen molar-refractivity contribution in [2.45, 2.75) is 133 Å². The quantitative estimate of drug-likeness (QED) is 0.0951. The smallest absolute Gasteiger partial charge is 0.0640 e. The minimum atomic E-state index is -0.330. The van der Waals surface area contributed by atoms with Gasteiger partial charge in [0.25, 0.3) is 0 Å². The zero-order valence-corrected chi connectivity index (χ0v) is 75.3. The van der Waals surface area contributed by atoms with E-state index in [0.29, 0.717) is 0 Å². The van der Waals surface area contributed by atoms with Crippen molar-refractivity contribution in [2.75, 3.05) is 9.80 Å². The summed E-state index contributed by atoms with van der Waals surface area (Å²) in [6.45, 7) is 35.9. The Kier molecular flexibility index (Phi) is 20.3. The van der Waals surface area contributed by atoms with Crippen molar-refractivity contribution < 1.29 is 0 Å². The molecule has 4 heteroatoms. The zero-order chi connectivity index (χ0) is 85.1. The maximum Gasteiger partial charge on any atom is 0.0640 e. The monoisotopic (exact) mass is 1630 g/mol. The summed E-state index contributed by atoms with van der Waals surface area (Å²) in [7, 11) is 0. The molecule has 2 nitrogen and oxygen atoms in total. The maximum absolute atomic E-state index is 2.61. The molecule has 0 saturated heterocycles. The van der Waals surface area contributed by atoms with E-state index < -0.39 is 0 Å². The number of thiophene rings is 2. The first kappa shape index (κ1) is 80.3. The maximum atomic E-state index is 2.61. The molecule has 1 unspecified atom stereocenters. The van der Waals surface area contributed by atoms with Gasteiger partial charge in [0.05, 0.1) is 32.1 Å². The van der Waals surface area contributed by atoms with E-state index in [-0.39, 0.29) is 32.5 Å². The van der Waals surface area contributed by atoms with Crippen LogP contribution in [-0.4, -0.2) is 0 Å². The Morgan fingerprint density at radius 2 is 0.756 bits per heavy atom. The highest BCUT2D eigenvalue weighted by atomic mass is 32.1. The van der Waals surface area contributed by atoms with Crippen LogP contribution in [0.25, 0.3) is 134 Å². The Morgan fingerprint density at radius 3 is 1.35 bits per heavy atom. The molecule has 2 heterocycles. The molecule has 2 aromatic heterocycles. The molecule has 16 aromatic carbocycles. The minimum Gasteiger partial charge on any atom is -0.308 e. The Bertz CT molecular complexity index is 7170. The standard InChI is InChI=1S/C119H108N2S2/c1-114(2,3)86-62-66-91(67-63-86)121(105-55-33-51-100-97-46-24-27-57-107(97)122-112(100)105)104-54-26-22-44-95(104)98-49-30-41-80-39-28-47-93(109(80)98)84-69-87(115(4,5)6)73-88(70-84)118(13,14)74-83-43-32-58-108-111(83)101-52-34-56-106(113(101)123-108)120(90-64-59-77(60-65-90)82-61-68-92(78-35-18-16-19-36-78)102(72-82)79-37-20-17-21-38-79)103-53-25-23-45-96(103)99-50-31-42-81-40-29-48-94(110(81)99)85-71-89(116(7,8)9)76-119(15,75-85)117(10,11)12/h16-73,75H,74,76H2,1-15H3. The van der Waals surface area contributed by atoms with Crippen LogP contribution in [0.4, 0.5) is 34.1 Å². The molecule has 0 N–H and O–H groups in total. The predicted molar refractivity (Wildman–Crippen MR) is 537 cm³/mol. The van der Waals surface area contributed by atoms with E-state index in [0.717, 1.165) is 46.8 Å². The normalized spacial score (nSPS) is 14.3. The van der Waals surface area contributed by atoms with Crippen LogP contribution in [0.2, 0.25) is 0 Å². The third-order valence-electron chi connectivity index (χ3n) is 26.6. The van der Waals surface area contributed by atoms with E-state index in [1.165, 1.54) is 168 Å². The fourth-order valence-corrected chi connectivity index (χ4v) is 21.6. The largest absolute Gasteiger partial charge is 0.308 e. The van der Waals surface area contributed by atoms with Gasteiger partial charge in [0.2, 0.25) is 0 Å². The molecule has 0 aliphatic heterocycles. The van der Waals surface area contributed by atoms with Crippen LogP contribution in [0.15, 0.2) is 364 Å². The van der Waals surface area contributed by atoms with Crippen molar-refractivity contribution in [1.29, 1.82) is 0 Å². The van der Waals surface area contributed by atoms with Gasteiger partial charge in [0.15, 0.2) is 0 Å². The molecule has 0 spiro atoms. The van der Waals surface area contributed by atoms with E-state index in [1.54, 1.807) is 0 Å². The molecular formula is C119H108N2S2. The van der Waals surface area contributed by atoms with Crippen molar-refractivity contribution in [3.05, 3.63) is 391 Å². The molecule has 0 radical (unpaired) electrons. The molecule has 19 rings (SSSR count). The number of para-hydroxylation sites is 2. The van der Waals surface area contributed by atoms with Crippen LogP contribution in [-0.2, 0) is 22.7 Å². The molecule has 0 amide bonds. The molecule has 123 heavy (non-hydrogen) atoms. The molecule has 0 saturated carbocycles. The Hall–Kier alpha value is -12.4. The third kappa shape index (κ3) is 14.9. The average molecular weight is 1630 g/mol. The summed E-state index contributed by atoms with van der Waals surface area (Å²) in [5.74, 6) is 0. The summed E-state index contributed by atoms with van der Waals surface area (Å²) >= 11 is 3.80. The molecule has 606 valence electrons. The van der Waals surface area contributed by atoms with E-state index in [1.807, 2.05) is 22.7 Å². The number of benzene rings is 16. The van der Waals surface area contributed by atoms with Crippen LogP contribution < -0.4 is 9.80 Å². The highest BCUT2D eigenvalue weighted by Crippen LogP contribution is 2.57. The van der Waals surface area contributed by atoms with Gasteiger partial charge < -0.3 is 9.80 Å². The Labute approximate surface area is 735 Å². The summed E-state index contributed by atoms with van der Waals surface area (Å²) in [6, 6.07) is 131. The lowest BCUT2D eigenvalue weighted by atomic mass is 9.59. The van der Waals surface area contributed by atoms with E-state index in [4.69, 9.17) is 0 Å². The van der Waals surface area contributed by atoms with E-state index >= 15 is 0 Å². The first-order valence-electron chi connectivity index (χ1n) is 43.9. The topological polar surface area (TPSA) is 6.48 Å². The number of rotatable bonds is 16. The predicted octanol–water partition coefficient (Wildman–Crippen LogP) is 35.6. The minimum absolute atomic E-state index is 0.00239. The van der Waals surface area contributed by atoms with Crippen LogP contribution >= 0.6 is 22.7 Å². The van der Waals surface area contributed by atoms with Crippen LogP contribution in [0.5, 0.6) is 0 Å². The summed E-state index contributed by atoms with van der Waals surface area (Å²) in [5.41, 5.74) is 29.9. The Morgan fingerprint density at radius 1 is 0.301 bits per heavy atom. The number of anilines is 6. The third-order valence-corrected chi connectivity index (χ3v) is 29.0. The number of nitrogens with zero attached hydrogens (tertiary/aromatic N) is 2. The molecule has 0 fully saturated rings. The summed E-state index contributed by atoms with van der Waals surface area (Å²) < 4.78 is 5.08. The second-order valence-electron chi connectivity index (χ2n) is 39.2. The average Bonchev–Trinajstić information content (AvgIpc) is 1.36. The summed E-state index contributed by atoms with van der Waals surface area (Å²) in [5, 5.41) is 10.1. The van der Waals surface area contributed by atoms with Gasteiger partial charge >= 0.3 is 0 Å². The lowest BCUT2D eigenvalue weighted by molar-refractivity contribution is 0.158. The van der Waals surface area contributed by atoms with Crippen molar-refractivity contribution in [3.8, 4) is 66.8 Å². The van der Waals surface area contributed by atoms with Gasteiger partial charge in [-0.05, 0) is 223 Å². The van der Waals surface area contributed by atoms with Gasteiger partial charge in [0, 0.05) is 53.4 Å². The van der Waals surface area contributed by atoms with Crippen LogP contribution in [0.1, 0.15) is 138 Å². The summed E-state index contributed by atoms with van der Waals surface area (Å²) in [6.07, 6.45) is 6.98. The molecular weight excluding hydrogens is 1520 g/mol. The van der Waals surface area contributed by atoms with Gasteiger partial charge in [0.1, 0.15) is 0 Å². The van der Waals surface area contributed by atoms with Crippen molar-refractivity contribution in [1.82, 2.24) is 0 Å². The van der Waals surface area contributed by atoms with Gasteiger partial charge in [-0.2, -0.15) is 0 Å². The lowest BCUT2D eigenvalue weighted by Crippen LogP contribution is -2.35. The number of hydrogen-bond acceptors (Lipinski definition) is 4. The van der Waals surface area contributed by atoms with Crippen molar-refractivity contribution in [3.63, 3.8) is 0 Å². The number of allylic oxidation sites excluding steroid dienone is 4. The van der Waals surface area contributed by atoms with Gasteiger partial charge in [-0.3, -0.25) is 0 Å². The molecule has 1 atom stereocenters. The first-order valence-corrected chi connectivity index (χ1v) is 45.5. The first-order chi connectivity index (χ1) is 59.1. The molecule has 1 aliphatic rings. The lowest BCUT2D eigenvalue weighted by Gasteiger charge is -2.45. The highest BCUT2D eigenvalue weighted by molar-refractivity contribution is 7.27. The van der Waals surface area contributed by atoms with Gasteiger partial charge in [-0.25, -0.2) is 0 Å². The SMILES string of the molecule is CC(C)(C)C1=CC(c2cccc3cccc(-c4ccccc4N(c4ccc(-c5ccc(-c6ccccc6)c(-c6ccccc6)c5)cc4)c4cccc5c4sc4cccc(CC(C)(C)c6cc(-c7cccc8cccc(-c9ccccc9N(c9ccc(C(C)(C)C)cc9)c9cccc%10c9sc9ccccc9%10)c78)cc(C(C)(C)C)c6)c45)c23)=CC(C)(C(C)(C)C)C1. The van der Waals surface area contributed by atoms with Crippen LogP contribution in [0, 0.1) is 16.2 Å². The van der Waals surface area contributed by atoms with Gasteiger partial charge in [-0.1, -0.05) is 401 Å². The Balaban J connectivity index is 0.747. The molecule has 0 bridgehead atoms. The zero-order valence-electron chi connectivity index (χ0n) is 73.7. The summed E-state index contributed by atoms with van der Waals surface area (Å²) in [4.78, 5) is 5.11. The van der Waals surface area contributed by atoms with E-state index in [9.17, 15) is 0 Å². The molecule has 1 aliphatic carbocycles. The van der Waals surface area contributed by atoms with Crippen molar-refractivity contribution in [2.24, 2.45) is 16.2 Å². The fraction of sp³-hybridized carbons (Fsp3) is 0.193. The highest BCUT2D eigenvalue weighted by Gasteiger charge is 2.41. The number of hydrogen-bond donors (Lipinski definition) is 0. The second kappa shape index (κ2) is 31.2.